The molecule has 1 aromatic rings. The molecule has 1 aliphatic rings. The summed E-state index contributed by atoms with van der Waals surface area (Å²) in [6, 6.07) is 6.98. The van der Waals surface area contributed by atoms with E-state index in [4.69, 9.17) is 18.0 Å². The molecule has 2 N–H and O–H groups in total. The average Bonchev–Trinajstić information content (AvgIpc) is 2.34. The summed E-state index contributed by atoms with van der Waals surface area (Å²) in [7, 11) is 0. The van der Waals surface area contributed by atoms with Gasteiger partial charge in [0.25, 0.3) is 0 Å². The fraction of sp³-hybridized carbons (Fsp3) is 0.533. The average molecular weight is 262 g/mol. The number of likely N-dealkylation sites (tertiary alicyclic amines) is 1. The largest absolute Gasteiger partial charge is 0.392 e. The predicted octanol–water partition coefficient (Wildman–Crippen LogP) is 2.94. The Morgan fingerprint density at radius 2 is 2.11 bits per heavy atom. The van der Waals surface area contributed by atoms with Gasteiger partial charge in [0.05, 0.1) is 11.0 Å². The summed E-state index contributed by atoms with van der Waals surface area (Å²) in [5.41, 5.74) is 9.93. The van der Waals surface area contributed by atoms with Crippen molar-refractivity contribution in [3.63, 3.8) is 0 Å². The van der Waals surface area contributed by atoms with Crippen molar-refractivity contribution in [2.75, 3.05) is 6.54 Å². The molecule has 0 saturated carbocycles. The molecule has 98 valence electrons. The maximum absolute atomic E-state index is 5.86. The van der Waals surface area contributed by atoms with Crippen molar-refractivity contribution < 1.29 is 0 Å². The second-order valence-electron chi connectivity index (χ2n) is 5.30. The van der Waals surface area contributed by atoms with E-state index >= 15 is 0 Å². The van der Waals surface area contributed by atoms with Gasteiger partial charge in [-0.15, -0.1) is 0 Å². The third-order valence-corrected chi connectivity index (χ3v) is 4.17. The molecule has 3 heteroatoms. The second kappa shape index (κ2) is 5.81. The van der Waals surface area contributed by atoms with Gasteiger partial charge in [0.15, 0.2) is 0 Å². The van der Waals surface area contributed by atoms with Crippen LogP contribution in [-0.4, -0.2) is 22.5 Å². The quantitative estimate of drug-likeness (QED) is 0.849. The Morgan fingerprint density at radius 3 is 2.78 bits per heavy atom. The molecule has 1 saturated heterocycles. The van der Waals surface area contributed by atoms with Crippen LogP contribution in [0.4, 0.5) is 0 Å². The number of nitrogens with zero attached hydrogens (tertiary/aromatic N) is 1. The molecule has 0 aromatic heterocycles. The number of rotatable bonds is 3. The van der Waals surface area contributed by atoms with Crippen molar-refractivity contribution in [2.45, 2.75) is 45.7 Å². The van der Waals surface area contributed by atoms with E-state index in [1.807, 2.05) is 0 Å². The number of thiocarbonyl (C=S) groups is 1. The van der Waals surface area contributed by atoms with E-state index in [9.17, 15) is 0 Å². The van der Waals surface area contributed by atoms with Gasteiger partial charge in [0, 0.05) is 6.54 Å². The van der Waals surface area contributed by atoms with E-state index < -0.39 is 0 Å². The zero-order chi connectivity index (χ0) is 13.1. The van der Waals surface area contributed by atoms with Gasteiger partial charge in [-0.05, 0) is 49.9 Å². The molecule has 0 amide bonds. The molecular weight excluding hydrogens is 240 g/mol. The Labute approximate surface area is 115 Å². The fourth-order valence-corrected chi connectivity index (χ4v) is 2.91. The van der Waals surface area contributed by atoms with Crippen LogP contribution < -0.4 is 5.73 Å². The summed E-state index contributed by atoms with van der Waals surface area (Å²) in [5, 5.41) is 0. The first-order valence-corrected chi connectivity index (χ1v) is 7.08. The van der Waals surface area contributed by atoms with Crippen LogP contribution in [0.1, 0.15) is 36.0 Å². The van der Waals surface area contributed by atoms with Crippen molar-refractivity contribution in [1.82, 2.24) is 4.90 Å². The lowest BCUT2D eigenvalue weighted by atomic mass is 10.00. The van der Waals surface area contributed by atoms with Crippen LogP contribution in [0.3, 0.4) is 0 Å². The number of nitrogens with two attached hydrogens (primary N) is 1. The molecule has 0 bridgehead atoms. The minimum Gasteiger partial charge on any atom is -0.392 e. The highest BCUT2D eigenvalue weighted by atomic mass is 32.1. The normalized spacial score (nSPS) is 20.9. The van der Waals surface area contributed by atoms with Crippen LogP contribution >= 0.6 is 12.2 Å². The third-order valence-electron chi connectivity index (χ3n) is 3.90. The minimum atomic E-state index is 0.287. The minimum absolute atomic E-state index is 0.287. The molecule has 2 rings (SSSR count). The van der Waals surface area contributed by atoms with Crippen LogP contribution in [0.15, 0.2) is 18.2 Å². The highest BCUT2D eigenvalue weighted by Crippen LogP contribution is 2.21. The van der Waals surface area contributed by atoms with Crippen LogP contribution in [0.5, 0.6) is 0 Å². The van der Waals surface area contributed by atoms with Gasteiger partial charge in [-0.1, -0.05) is 36.8 Å². The lowest BCUT2D eigenvalue weighted by molar-refractivity contribution is 0.184. The highest BCUT2D eigenvalue weighted by Gasteiger charge is 2.24. The van der Waals surface area contributed by atoms with Gasteiger partial charge in [0.2, 0.25) is 0 Å². The Morgan fingerprint density at radius 1 is 1.33 bits per heavy atom. The lowest BCUT2D eigenvalue weighted by Gasteiger charge is -2.35. The molecular formula is C15H22N2S. The van der Waals surface area contributed by atoms with Crippen molar-refractivity contribution >= 4 is 17.2 Å². The SMILES string of the molecule is Cc1ccc(CN2CCCCC2C(N)=S)cc1C. The molecule has 1 aromatic carbocycles. The molecule has 1 unspecified atom stereocenters. The number of aryl methyl sites for hydroxylation is 2. The molecule has 1 heterocycles. The van der Waals surface area contributed by atoms with Crippen LogP contribution in [-0.2, 0) is 6.54 Å². The Balaban J connectivity index is 2.10. The first-order valence-electron chi connectivity index (χ1n) is 6.67. The molecule has 1 aliphatic heterocycles. The van der Waals surface area contributed by atoms with Gasteiger partial charge in [-0.3, -0.25) is 4.90 Å². The van der Waals surface area contributed by atoms with Crippen LogP contribution in [0.25, 0.3) is 0 Å². The van der Waals surface area contributed by atoms with E-state index in [2.05, 4.69) is 36.9 Å². The lowest BCUT2D eigenvalue weighted by Crippen LogP contribution is -2.46. The van der Waals surface area contributed by atoms with Gasteiger partial charge in [-0.2, -0.15) is 0 Å². The molecule has 0 aliphatic carbocycles. The summed E-state index contributed by atoms with van der Waals surface area (Å²) in [5.74, 6) is 0. The molecule has 1 fully saturated rings. The van der Waals surface area contributed by atoms with Gasteiger partial charge in [0.1, 0.15) is 0 Å². The Hall–Kier alpha value is -0.930. The molecule has 0 spiro atoms. The number of piperidine rings is 1. The molecule has 18 heavy (non-hydrogen) atoms. The maximum atomic E-state index is 5.86. The first kappa shape index (κ1) is 13.5. The number of hydrogen-bond donors (Lipinski definition) is 1. The molecule has 0 radical (unpaired) electrons. The third kappa shape index (κ3) is 3.09. The molecule has 1 atom stereocenters. The smallest absolute Gasteiger partial charge is 0.0902 e. The summed E-state index contributed by atoms with van der Waals surface area (Å²) in [4.78, 5) is 3.08. The van der Waals surface area contributed by atoms with Crippen LogP contribution in [0, 0.1) is 13.8 Å². The van der Waals surface area contributed by atoms with Crippen molar-refractivity contribution in [3.05, 3.63) is 34.9 Å². The predicted molar refractivity (Wildman–Crippen MR) is 80.8 cm³/mol. The van der Waals surface area contributed by atoms with Crippen molar-refractivity contribution in [1.29, 1.82) is 0 Å². The summed E-state index contributed by atoms with van der Waals surface area (Å²) in [6.45, 7) is 6.38. The van der Waals surface area contributed by atoms with Gasteiger partial charge >= 0.3 is 0 Å². The van der Waals surface area contributed by atoms with E-state index in [1.54, 1.807) is 0 Å². The highest BCUT2D eigenvalue weighted by molar-refractivity contribution is 7.80. The zero-order valence-corrected chi connectivity index (χ0v) is 12.1. The van der Waals surface area contributed by atoms with Crippen molar-refractivity contribution in [2.24, 2.45) is 5.73 Å². The summed E-state index contributed by atoms with van der Waals surface area (Å²) in [6.07, 6.45) is 3.61. The first-order chi connectivity index (χ1) is 8.58. The monoisotopic (exact) mass is 262 g/mol. The second-order valence-corrected chi connectivity index (χ2v) is 5.77. The Bertz CT molecular complexity index is 442. The summed E-state index contributed by atoms with van der Waals surface area (Å²) >= 11 is 5.19. The van der Waals surface area contributed by atoms with E-state index in [-0.39, 0.29) is 6.04 Å². The number of benzene rings is 1. The van der Waals surface area contributed by atoms with Gasteiger partial charge < -0.3 is 5.73 Å². The van der Waals surface area contributed by atoms with E-state index in [1.165, 1.54) is 29.5 Å². The summed E-state index contributed by atoms with van der Waals surface area (Å²) < 4.78 is 0. The van der Waals surface area contributed by atoms with Crippen molar-refractivity contribution in [3.8, 4) is 0 Å². The maximum Gasteiger partial charge on any atom is 0.0902 e. The van der Waals surface area contributed by atoms with Gasteiger partial charge in [-0.25, -0.2) is 0 Å². The molecule has 2 nitrogen and oxygen atoms in total. The number of hydrogen-bond acceptors (Lipinski definition) is 2. The zero-order valence-electron chi connectivity index (χ0n) is 11.3. The van der Waals surface area contributed by atoms with E-state index in [0.29, 0.717) is 4.99 Å². The fourth-order valence-electron chi connectivity index (χ4n) is 2.64. The topological polar surface area (TPSA) is 29.3 Å². The standard InChI is InChI=1S/C15H22N2S/c1-11-6-7-13(9-12(11)2)10-17-8-4-3-5-14(17)15(16)18/h6-7,9,14H,3-5,8,10H2,1-2H3,(H2,16,18). The Kier molecular flexibility index (Phi) is 4.36. The van der Waals surface area contributed by atoms with E-state index in [0.717, 1.165) is 19.5 Å². The van der Waals surface area contributed by atoms with Crippen LogP contribution in [0.2, 0.25) is 0 Å².